The summed E-state index contributed by atoms with van der Waals surface area (Å²) >= 11 is 0. The predicted octanol–water partition coefficient (Wildman–Crippen LogP) is 2.60. The van der Waals surface area contributed by atoms with Crippen LogP contribution < -0.4 is 5.32 Å². The number of ether oxygens (including phenoxy) is 1. The Bertz CT molecular complexity index is 936. The Morgan fingerprint density at radius 2 is 1.58 bits per heavy atom. The number of nitrogens with one attached hydrogen (secondary N) is 1. The number of rotatable bonds is 10. The summed E-state index contributed by atoms with van der Waals surface area (Å²) in [5, 5.41) is 2.79. The van der Waals surface area contributed by atoms with Crippen molar-refractivity contribution in [1.82, 2.24) is 10.2 Å². The van der Waals surface area contributed by atoms with Gasteiger partial charge in [0.2, 0.25) is 5.91 Å². The van der Waals surface area contributed by atoms with Crippen molar-refractivity contribution in [3.8, 4) is 11.1 Å². The molecule has 0 radical (unpaired) electrons. The Labute approximate surface area is 181 Å². The zero-order chi connectivity index (χ0) is 22.2. The van der Waals surface area contributed by atoms with Crippen LogP contribution in [-0.4, -0.2) is 54.7 Å². The highest BCUT2D eigenvalue weighted by Crippen LogP contribution is 2.20. The number of hydrogen-bond acceptors (Lipinski definition) is 5. The maximum absolute atomic E-state index is 12.3. The number of carbonyl (C=O) groups is 4. The van der Waals surface area contributed by atoms with Crippen LogP contribution in [0.3, 0.4) is 0 Å². The van der Waals surface area contributed by atoms with E-state index in [0.717, 1.165) is 24.0 Å². The fraction of sp³-hybridized carbons (Fsp3) is 0.333. The predicted molar refractivity (Wildman–Crippen MR) is 115 cm³/mol. The fourth-order valence-electron chi connectivity index (χ4n) is 2.97. The lowest BCUT2D eigenvalue weighted by Crippen LogP contribution is -2.40. The zero-order valence-corrected chi connectivity index (χ0v) is 17.5. The molecule has 0 aliphatic heterocycles. The molecule has 7 heteroatoms. The van der Waals surface area contributed by atoms with Crippen LogP contribution in [0, 0.1) is 0 Å². The Hall–Kier alpha value is -3.48. The Kier molecular flexibility index (Phi) is 7.54. The van der Waals surface area contributed by atoms with Crippen molar-refractivity contribution < 1.29 is 23.9 Å². The molecule has 1 aliphatic rings. The van der Waals surface area contributed by atoms with E-state index in [-0.39, 0.29) is 37.1 Å². The van der Waals surface area contributed by atoms with Crippen molar-refractivity contribution in [3.63, 3.8) is 0 Å². The maximum atomic E-state index is 12.3. The van der Waals surface area contributed by atoms with Gasteiger partial charge in [-0.05, 0) is 24.0 Å². The van der Waals surface area contributed by atoms with Crippen LogP contribution in [0.15, 0.2) is 54.6 Å². The lowest BCUT2D eigenvalue weighted by Gasteiger charge is -2.16. The number of esters is 1. The van der Waals surface area contributed by atoms with Gasteiger partial charge in [0, 0.05) is 25.1 Å². The molecule has 0 spiro atoms. The van der Waals surface area contributed by atoms with Crippen molar-refractivity contribution in [1.29, 1.82) is 0 Å². The van der Waals surface area contributed by atoms with Crippen molar-refractivity contribution >= 4 is 23.6 Å². The van der Waals surface area contributed by atoms with Gasteiger partial charge in [-0.3, -0.25) is 19.2 Å². The highest BCUT2D eigenvalue weighted by Gasteiger charge is 2.24. The highest BCUT2D eigenvalue weighted by atomic mass is 16.5. The highest BCUT2D eigenvalue weighted by molar-refractivity contribution is 5.98. The topological polar surface area (TPSA) is 92.8 Å². The normalized spacial score (nSPS) is 12.7. The molecule has 0 atom stereocenters. The second kappa shape index (κ2) is 10.5. The molecule has 31 heavy (non-hydrogen) atoms. The van der Waals surface area contributed by atoms with Crippen LogP contribution in [-0.2, 0) is 19.1 Å². The Morgan fingerprint density at radius 1 is 0.935 bits per heavy atom. The molecule has 162 valence electrons. The van der Waals surface area contributed by atoms with Gasteiger partial charge in [0.05, 0.1) is 13.0 Å². The number of nitrogens with zero attached hydrogens (tertiary/aromatic N) is 1. The summed E-state index contributed by atoms with van der Waals surface area (Å²) in [5.41, 5.74) is 2.58. The van der Waals surface area contributed by atoms with E-state index < -0.39 is 18.5 Å². The lowest BCUT2D eigenvalue weighted by molar-refractivity contribution is -0.151. The number of likely N-dealkylation sites (N-methyl/N-ethyl adjacent to an activating group) is 1. The van der Waals surface area contributed by atoms with E-state index >= 15 is 0 Å². The number of amides is 2. The van der Waals surface area contributed by atoms with E-state index in [4.69, 9.17) is 4.74 Å². The minimum atomic E-state index is -0.626. The fourth-order valence-corrected chi connectivity index (χ4v) is 2.97. The molecule has 2 aromatic carbocycles. The summed E-state index contributed by atoms with van der Waals surface area (Å²) < 4.78 is 4.95. The smallest absolute Gasteiger partial charge is 0.306 e. The van der Waals surface area contributed by atoms with E-state index in [2.05, 4.69) is 5.32 Å². The van der Waals surface area contributed by atoms with E-state index in [1.54, 1.807) is 12.1 Å². The van der Waals surface area contributed by atoms with Gasteiger partial charge in [-0.25, -0.2) is 0 Å². The van der Waals surface area contributed by atoms with Gasteiger partial charge in [0.15, 0.2) is 12.4 Å². The van der Waals surface area contributed by atoms with E-state index in [0.29, 0.717) is 5.56 Å². The van der Waals surface area contributed by atoms with Crippen LogP contribution in [0.4, 0.5) is 0 Å². The first-order valence-electron chi connectivity index (χ1n) is 10.3. The summed E-state index contributed by atoms with van der Waals surface area (Å²) in [7, 11) is 1.48. The van der Waals surface area contributed by atoms with Crippen LogP contribution in [0.5, 0.6) is 0 Å². The first-order valence-corrected chi connectivity index (χ1v) is 10.3. The summed E-state index contributed by atoms with van der Waals surface area (Å²) in [6, 6.07) is 17.3. The molecule has 2 amide bonds. The minimum absolute atomic E-state index is 0.00264. The lowest BCUT2D eigenvalue weighted by atomic mass is 10.0. The van der Waals surface area contributed by atoms with Crippen molar-refractivity contribution in [2.24, 2.45) is 0 Å². The van der Waals surface area contributed by atoms with Gasteiger partial charge in [-0.1, -0.05) is 54.6 Å². The van der Waals surface area contributed by atoms with Gasteiger partial charge in [-0.15, -0.1) is 0 Å². The first-order chi connectivity index (χ1) is 14.9. The molecule has 3 rings (SSSR count). The van der Waals surface area contributed by atoms with Gasteiger partial charge in [0.25, 0.3) is 5.91 Å². The minimum Gasteiger partial charge on any atom is -0.456 e. The van der Waals surface area contributed by atoms with Crippen LogP contribution >= 0.6 is 0 Å². The average Bonchev–Trinajstić information content (AvgIpc) is 3.60. The molecule has 1 fully saturated rings. The van der Waals surface area contributed by atoms with E-state index in [1.165, 1.54) is 11.9 Å². The van der Waals surface area contributed by atoms with Crippen LogP contribution in [0.1, 0.15) is 36.0 Å². The van der Waals surface area contributed by atoms with E-state index in [9.17, 15) is 19.2 Å². The first kappa shape index (κ1) is 22.2. The van der Waals surface area contributed by atoms with Crippen LogP contribution in [0.2, 0.25) is 0 Å². The van der Waals surface area contributed by atoms with Crippen molar-refractivity contribution in [2.45, 2.75) is 31.7 Å². The SMILES string of the molecule is CN(CC(=O)NC1CC1)C(=O)COC(=O)CCC(=O)c1ccc(-c2ccccc2)cc1. The largest absolute Gasteiger partial charge is 0.456 e. The second-order valence-corrected chi connectivity index (χ2v) is 7.62. The number of benzene rings is 2. The van der Waals surface area contributed by atoms with Gasteiger partial charge in [0.1, 0.15) is 0 Å². The average molecular weight is 422 g/mol. The number of hydrogen-bond donors (Lipinski definition) is 1. The molecule has 1 aliphatic carbocycles. The molecule has 0 saturated heterocycles. The number of ketones is 1. The molecule has 2 aromatic rings. The zero-order valence-electron chi connectivity index (χ0n) is 17.5. The summed E-state index contributed by atoms with van der Waals surface area (Å²) in [6.07, 6.45) is 1.82. The van der Waals surface area contributed by atoms with Crippen LogP contribution in [0.25, 0.3) is 11.1 Å². The second-order valence-electron chi connectivity index (χ2n) is 7.62. The molecule has 0 heterocycles. The molecule has 0 unspecified atom stereocenters. The molecule has 1 N–H and O–H groups in total. The van der Waals surface area contributed by atoms with Crippen molar-refractivity contribution in [3.05, 3.63) is 60.2 Å². The molecule has 0 aromatic heterocycles. The molecule has 7 nitrogen and oxygen atoms in total. The third kappa shape index (κ3) is 7.06. The summed E-state index contributed by atoms with van der Waals surface area (Å²) in [6.45, 7) is -0.531. The summed E-state index contributed by atoms with van der Waals surface area (Å²) in [5.74, 6) is -1.49. The van der Waals surface area contributed by atoms with Crippen molar-refractivity contribution in [2.75, 3.05) is 20.2 Å². The monoisotopic (exact) mass is 422 g/mol. The summed E-state index contributed by atoms with van der Waals surface area (Å²) in [4.78, 5) is 49.1. The standard InChI is InChI=1S/C24H26N2O5/c1-26(15-22(28)25-20-11-12-20)23(29)16-31-24(30)14-13-21(27)19-9-7-18(8-10-19)17-5-3-2-4-6-17/h2-10,20H,11-16H2,1H3,(H,25,28). The Balaban J connectivity index is 1.38. The third-order valence-electron chi connectivity index (χ3n) is 4.98. The Morgan fingerprint density at radius 3 is 2.23 bits per heavy atom. The molecular formula is C24H26N2O5. The van der Waals surface area contributed by atoms with Gasteiger partial charge >= 0.3 is 5.97 Å². The quantitative estimate of drug-likeness (QED) is 0.469. The van der Waals surface area contributed by atoms with Gasteiger partial charge in [-0.2, -0.15) is 0 Å². The third-order valence-corrected chi connectivity index (χ3v) is 4.98. The molecule has 0 bridgehead atoms. The molecule has 1 saturated carbocycles. The number of carbonyl (C=O) groups excluding carboxylic acids is 4. The van der Waals surface area contributed by atoms with Gasteiger partial charge < -0.3 is 15.0 Å². The maximum Gasteiger partial charge on any atom is 0.306 e. The number of Topliss-reactive ketones (excluding diaryl/α,β-unsaturated/α-hetero) is 1. The van der Waals surface area contributed by atoms with E-state index in [1.807, 2.05) is 42.5 Å². The molecular weight excluding hydrogens is 396 g/mol.